The molecule has 0 bridgehead atoms. The lowest BCUT2D eigenvalue weighted by molar-refractivity contribution is 0.0927. The third-order valence-electron chi connectivity index (χ3n) is 5.53. The molecule has 0 atom stereocenters. The fraction of sp³-hybridized carbons (Fsp3) is 0.476. The van der Waals surface area contributed by atoms with Gasteiger partial charge in [-0.25, -0.2) is 0 Å². The third-order valence-corrected chi connectivity index (χ3v) is 7.29. The molecule has 0 spiro atoms. The zero-order valence-electron chi connectivity index (χ0n) is 16.6. The lowest BCUT2D eigenvalue weighted by atomic mass is 10.0. The molecule has 29 heavy (non-hydrogen) atoms. The van der Waals surface area contributed by atoms with Gasteiger partial charge in [-0.2, -0.15) is 16.9 Å². The molecule has 8 heteroatoms. The van der Waals surface area contributed by atoms with Gasteiger partial charge in [-0.1, -0.05) is 37.5 Å². The number of rotatable bonds is 7. The zero-order chi connectivity index (χ0) is 20.2. The van der Waals surface area contributed by atoms with Gasteiger partial charge in [-0.15, -0.1) is 0 Å². The average Bonchev–Trinajstić information content (AvgIpc) is 3.28. The molecule has 0 saturated heterocycles. The maximum Gasteiger partial charge on any atom is 0.287 e. The van der Waals surface area contributed by atoms with E-state index in [-0.39, 0.29) is 5.91 Å². The van der Waals surface area contributed by atoms with Crippen molar-refractivity contribution in [3.05, 3.63) is 46.2 Å². The molecule has 1 amide bonds. The highest BCUT2D eigenvalue weighted by Crippen LogP contribution is 2.34. The van der Waals surface area contributed by atoms with E-state index in [9.17, 15) is 4.79 Å². The zero-order valence-corrected chi connectivity index (χ0v) is 18.2. The van der Waals surface area contributed by atoms with Gasteiger partial charge in [0.15, 0.2) is 10.5 Å². The van der Waals surface area contributed by atoms with E-state index in [0.29, 0.717) is 28.7 Å². The van der Waals surface area contributed by atoms with Crippen molar-refractivity contribution in [1.29, 1.82) is 0 Å². The van der Waals surface area contributed by atoms with Crippen molar-refractivity contribution in [2.24, 2.45) is 7.05 Å². The summed E-state index contributed by atoms with van der Waals surface area (Å²) >= 11 is 7.09. The SMILES string of the molecule is Cn1c(CCNC(=O)c2oc3ccccc3c2CSC2CCCCC2)n[nH]c1=S. The normalized spacial score (nSPS) is 15.1. The van der Waals surface area contributed by atoms with Crippen LogP contribution in [0.1, 0.15) is 54.0 Å². The fourth-order valence-corrected chi connectivity index (χ4v) is 5.34. The smallest absolute Gasteiger partial charge is 0.287 e. The Kier molecular flexibility index (Phi) is 6.40. The Labute approximate surface area is 179 Å². The highest BCUT2D eigenvalue weighted by Gasteiger charge is 2.22. The molecule has 0 aliphatic heterocycles. The first-order valence-electron chi connectivity index (χ1n) is 10.1. The van der Waals surface area contributed by atoms with Crippen LogP contribution in [-0.2, 0) is 19.2 Å². The summed E-state index contributed by atoms with van der Waals surface area (Å²) in [6.07, 6.45) is 7.12. The van der Waals surface area contributed by atoms with Crippen LogP contribution < -0.4 is 5.32 Å². The Balaban J connectivity index is 1.46. The van der Waals surface area contributed by atoms with Crippen LogP contribution in [0.4, 0.5) is 0 Å². The van der Waals surface area contributed by atoms with Gasteiger partial charge < -0.3 is 14.3 Å². The number of amides is 1. The number of fused-ring (bicyclic) bond motifs is 1. The molecule has 1 aliphatic carbocycles. The number of para-hydroxylation sites is 1. The van der Waals surface area contributed by atoms with E-state index in [4.69, 9.17) is 16.6 Å². The number of thioether (sulfide) groups is 1. The van der Waals surface area contributed by atoms with E-state index in [1.165, 1.54) is 32.1 Å². The second-order valence-corrected chi connectivity index (χ2v) is 9.16. The van der Waals surface area contributed by atoms with Crippen molar-refractivity contribution in [2.75, 3.05) is 6.54 Å². The Morgan fingerprint density at radius 3 is 2.90 bits per heavy atom. The number of hydrogen-bond acceptors (Lipinski definition) is 5. The van der Waals surface area contributed by atoms with Crippen molar-refractivity contribution in [2.45, 2.75) is 49.5 Å². The van der Waals surface area contributed by atoms with Gasteiger partial charge in [0.1, 0.15) is 11.4 Å². The lowest BCUT2D eigenvalue weighted by Crippen LogP contribution is -2.26. The van der Waals surface area contributed by atoms with Gasteiger partial charge in [0.05, 0.1) is 0 Å². The molecule has 0 unspecified atom stereocenters. The fourth-order valence-electron chi connectivity index (χ4n) is 3.83. The highest BCUT2D eigenvalue weighted by atomic mass is 32.2. The maximum atomic E-state index is 12.9. The van der Waals surface area contributed by atoms with Gasteiger partial charge in [0.2, 0.25) is 0 Å². The second kappa shape index (κ2) is 9.17. The van der Waals surface area contributed by atoms with Crippen LogP contribution in [0.3, 0.4) is 0 Å². The van der Waals surface area contributed by atoms with Crippen LogP contribution in [-0.4, -0.2) is 32.5 Å². The molecular formula is C21H26N4O2S2. The van der Waals surface area contributed by atoms with E-state index < -0.39 is 0 Å². The van der Waals surface area contributed by atoms with E-state index >= 15 is 0 Å². The van der Waals surface area contributed by atoms with Crippen molar-refractivity contribution in [1.82, 2.24) is 20.1 Å². The summed E-state index contributed by atoms with van der Waals surface area (Å²) in [4.78, 5) is 12.9. The molecule has 2 aromatic heterocycles. The number of carbonyl (C=O) groups excluding carboxylic acids is 1. The van der Waals surface area contributed by atoms with E-state index in [1.54, 1.807) is 0 Å². The minimum absolute atomic E-state index is 0.169. The summed E-state index contributed by atoms with van der Waals surface area (Å²) in [5.74, 6) is 1.88. The van der Waals surface area contributed by atoms with Crippen LogP contribution in [0.15, 0.2) is 28.7 Å². The first-order valence-corrected chi connectivity index (χ1v) is 11.6. The third kappa shape index (κ3) is 4.59. The molecule has 154 valence electrons. The number of aromatic amines is 1. The summed E-state index contributed by atoms with van der Waals surface area (Å²) < 4.78 is 8.35. The summed E-state index contributed by atoms with van der Waals surface area (Å²) in [7, 11) is 1.86. The molecule has 1 aliphatic rings. The molecule has 3 aromatic rings. The molecular weight excluding hydrogens is 404 g/mol. The molecule has 4 rings (SSSR count). The van der Waals surface area contributed by atoms with Crippen LogP contribution in [0.5, 0.6) is 0 Å². The van der Waals surface area contributed by atoms with Crippen LogP contribution >= 0.6 is 24.0 Å². The number of carbonyl (C=O) groups is 1. The summed E-state index contributed by atoms with van der Waals surface area (Å²) in [6.45, 7) is 0.471. The van der Waals surface area contributed by atoms with E-state index in [2.05, 4.69) is 15.5 Å². The van der Waals surface area contributed by atoms with Crippen LogP contribution in [0.2, 0.25) is 0 Å². The molecule has 2 heterocycles. The van der Waals surface area contributed by atoms with Gasteiger partial charge in [0, 0.05) is 42.0 Å². The van der Waals surface area contributed by atoms with Gasteiger partial charge in [-0.05, 0) is 31.1 Å². The van der Waals surface area contributed by atoms with Crippen molar-refractivity contribution >= 4 is 40.9 Å². The van der Waals surface area contributed by atoms with Crippen LogP contribution in [0.25, 0.3) is 11.0 Å². The summed E-state index contributed by atoms with van der Waals surface area (Å²) in [6, 6.07) is 7.91. The predicted octanol–water partition coefficient (Wildman–Crippen LogP) is 4.76. The monoisotopic (exact) mass is 430 g/mol. The summed E-state index contributed by atoms with van der Waals surface area (Å²) in [5, 5.41) is 11.6. The molecule has 1 aromatic carbocycles. The number of nitrogens with zero attached hydrogens (tertiary/aromatic N) is 2. The minimum Gasteiger partial charge on any atom is -0.451 e. The Morgan fingerprint density at radius 1 is 1.34 bits per heavy atom. The number of H-pyrrole nitrogens is 1. The van der Waals surface area contributed by atoms with E-state index in [1.807, 2.05) is 47.6 Å². The van der Waals surface area contributed by atoms with Crippen molar-refractivity contribution < 1.29 is 9.21 Å². The number of furan rings is 1. The topological polar surface area (TPSA) is 75.8 Å². The van der Waals surface area contributed by atoms with Crippen molar-refractivity contribution in [3.63, 3.8) is 0 Å². The minimum atomic E-state index is -0.169. The standard InChI is InChI=1S/C21H26N4O2S2/c1-25-18(23-24-21(25)28)11-12-22-20(26)19-16(13-29-14-7-3-2-4-8-14)15-9-5-6-10-17(15)27-19/h5-6,9-10,14H,2-4,7-8,11-13H2,1H3,(H,22,26)(H,24,28). The van der Waals surface area contributed by atoms with Gasteiger partial charge in [0.25, 0.3) is 5.91 Å². The predicted molar refractivity (Wildman–Crippen MR) is 119 cm³/mol. The first-order chi connectivity index (χ1) is 14.1. The highest BCUT2D eigenvalue weighted by molar-refractivity contribution is 7.99. The Morgan fingerprint density at radius 2 is 2.14 bits per heavy atom. The number of aromatic nitrogens is 3. The molecule has 6 nitrogen and oxygen atoms in total. The second-order valence-electron chi connectivity index (χ2n) is 7.49. The number of benzene rings is 1. The molecule has 1 saturated carbocycles. The van der Waals surface area contributed by atoms with Crippen LogP contribution in [0, 0.1) is 4.77 Å². The molecule has 0 radical (unpaired) electrons. The number of nitrogens with one attached hydrogen (secondary N) is 2. The van der Waals surface area contributed by atoms with E-state index in [0.717, 1.165) is 28.1 Å². The average molecular weight is 431 g/mol. The van der Waals surface area contributed by atoms with Gasteiger partial charge in [-0.3, -0.25) is 9.89 Å². The quantitative estimate of drug-likeness (QED) is 0.529. The lowest BCUT2D eigenvalue weighted by Gasteiger charge is -2.20. The maximum absolute atomic E-state index is 12.9. The Hall–Kier alpha value is -2.06. The molecule has 1 fully saturated rings. The first kappa shape index (κ1) is 20.2. The number of hydrogen-bond donors (Lipinski definition) is 2. The molecule has 2 N–H and O–H groups in total. The largest absolute Gasteiger partial charge is 0.451 e. The van der Waals surface area contributed by atoms with Gasteiger partial charge >= 0.3 is 0 Å². The van der Waals surface area contributed by atoms with Crippen molar-refractivity contribution in [3.8, 4) is 0 Å². The Bertz CT molecular complexity index is 1050. The summed E-state index contributed by atoms with van der Waals surface area (Å²) in [5.41, 5.74) is 1.78.